The molecule has 1 atom stereocenters. The van der Waals surface area contributed by atoms with Crippen LogP contribution >= 0.6 is 34.7 Å². The van der Waals surface area contributed by atoms with E-state index in [4.69, 9.17) is 16.3 Å². The molecule has 1 N–H and O–H groups in total. The molecule has 3 heterocycles. The minimum absolute atomic E-state index is 0.00256. The average molecular weight is 418 g/mol. The monoisotopic (exact) mass is 417 g/mol. The van der Waals surface area contributed by atoms with Crippen LogP contribution < -0.4 is 5.32 Å². The zero-order chi connectivity index (χ0) is 18.8. The number of hydrogen-bond donors (Lipinski definition) is 1. The summed E-state index contributed by atoms with van der Waals surface area (Å²) in [6.07, 6.45) is 2.61. The molecule has 0 aliphatic carbocycles. The zero-order valence-corrected chi connectivity index (χ0v) is 16.8. The molecule has 0 bridgehead atoms. The third-order valence-electron chi connectivity index (χ3n) is 4.16. The first-order valence-electron chi connectivity index (χ1n) is 8.35. The van der Waals surface area contributed by atoms with E-state index in [0.717, 1.165) is 26.2 Å². The number of rotatable bonds is 4. The molecule has 1 amide bonds. The van der Waals surface area contributed by atoms with Crippen molar-refractivity contribution in [3.8, 4) is 10.4 Å². The van der Waals surface area contributed by atoms with Crippen LogP contribution in [0.3, 0.4) is 0 Å². The highest BCUT2D eigenvalue weighted by molar-refractivity contribution is 8.02. The molecule has 0 spiro atoms. The van der Waals surface area contributed by atoms with Crippen molar-refractivity contribution in [2.75, 3.05) is 13.7 Å². The van der Waals surface area contributed by atoms with Gasteiger partial charge in [-0.25, -0.2) is 0 Å². The van der Waals surface area contributed by atoms with Crippen molar-refractivity contribution in [2.45, 2.75) is 11.9 Å². The van der Waals surface area contributed by atoms with Gasteiger partial charge in [-0.2, -0.15) is 5.10 Å². The largest absolute Gasteiger partial charge is 0.363 e. The van der Waals surface area contributed by atoms with E-state index in [1.54, 1.807) is 18.8 Å². The Kier molecular flexibility index (Phi) is 5.45. The summed E-state index contributed by atoms with van der Waals surface area (Å²) < 4.78 is 6.59. The number of carbonyl (C=O) groups excluding carboxylic acids is 1. The lowest BCUT2D eigenvalue weighted by atomic mass is 10.1. The first-order chi connectivity index (χ1) is 13.2. The molecule has 1 aliphatic heterocycles. The molecule has 27 heavy (non-hydrogen) atoms. The Morgan fingerprint density at radius 3 is 2.85 bits per heavy atom. The first kappa shape index (κ1) is 18.4. The second-order valence-corrected chi connectivity index (χ2v) is 8.47. The van der Waals surface area contributed by atoms with Gasteiger partial charge in [-0.1, -0.05) is 29.8 Å². The van der Waals surface area contributed by atoms with Gasteiger partial charge in [0.15, 0.2) is 5.69 Å². The fourth-order valence-corrected chi connectivity index (χ4v) is 4.88. The minimum atomic E-state index is -0.241. The van der Waals surface area contributed by atoms with Gasteiger partial charge in [-0.3, -0.25) is 4.79 Å². The number of halogens is 1. The first-order valence-corrected chi connectivity index (χ1v) is 10.5. The lowest BCUT2D eigenvalue weighted by molar-refractivity contribution is 0.0959. The molecule has 1 unspecified atom stereocenters. The van der Waals surface area contributed by atoms with E-state index in [-0.39, 0.29) is 11.3 Å². The highest BCUT2D eigenvalue weighted by Gasteiger charge is 2.21. The van der Waals surface area contributed by atoms with E-state index in [1.165, 1.54) is 11.3 Å². The van der Waals surface area contributed by atoms with Crippen LogP contribution in [0, 0.1) is 0 Å². The van der Waals surface area contributed by atoms with Crippen molar-refractivity contribution in [1.82, 2.24) is 15.5 Å². The summed E-state index contributed by atoms with van der Waals surface area (Å²) in [5.41, 5.74) is 2.22. The summed E-state index contributed by atoms with van der Waals surface area (Å²) in [4.78, 5) is 13.3. The number of fused-ring (bicyclic) bond motifs is 1. The second kappa shape index (κ2) is 7.98. The molecule has 4 rings (SSSR count). The SMILES string of the molecule is CNC(=O)c1nnc(CC2OCC=CS2)c2cc(-c3ccc(Cl)cc3)sc12. The lowest BCUT2D eigenvalue weighted by Crippen LogP contribution is -2.21. The number of amides is 1. The zero-order valence-electron chi connectivity index (χ0n) is 14.4. The van der Waals surface area contributed by atoms with E-state index in [0.29, 0.717) is 23.7 Å². The Morgan fingerprint density at radius 2 is 2.15 bits per heavy atom. The molecule has 138 valence electrons. The van der Waals surface area contributed by atoms with Gasteiger partial charge in [0.25, 0.3) is 5.91 Å². The van der Waals surface area contributed by atoms with Crippen LogP contribution in [0.1, 0.15) is 16.2 Å². The summed E-state index contributed by atoms with van der Waals surface area (Å²) in [5, 5.41) is 14.9. The fourth-order valence-electron chi connectivity index (χ4n) is 2.81. The molecule has 8 heteroatoms. The van der Waals surface area contributed by atoms with E-state index in [9.17, 15) is 4.79 Å². The van der Waals surface area contributed by atoms with Crippen molar-refractivity contribution >= 4 is 50.7 Å². The number of aromatic nitrogens is 2. The van der Waals surface area contributed by atoms with Gasteiger partial charge in [-0.15, -0.1) is 28.2 Å². The molecule has 0 radical (unpaired) electrons. The van der Waals surface area contributed by atoms with Crippen LogP contribution in [-0.4, -0.2) is 35.2 Å². The van der Waals surface area contributed by atoms with Gasteiger partial charge < -0.3 is 10.1 Å². The third-order valence-corrected chi connectivity index (χ3v) is 6.56. The Bertz CT molecular complexity index is 1020. The number of carbonyl (C=O) groups is 1. The quantitative estimate of drug-likeness (QED) is 0.676. The van der Waals surface area contributed by atoms with E-state index < -0.39 is 0 Å². The van der Waals surface area contributed by atoms with Gasteiger partial charge in [-0.05, 0) is 29.2 Å². The van der Waals surface area contributed by atoms with Crippen molar-refractivity contribution in [3.63, 3.8) is 0 Å². The number of nitrogens with one attached hydrogen (secondary N) is 1. The van der Waals surface area contributed by atoms with Crippen molar-refractivity contribution in [1.29, 1.82) is 0 Å². The van der Waals surface area contributed by atoms with Crippen molar-refractivity contribution in [3.05, 3.63) is 58.2 Å². The van der Waals surface area contributed by atoms with Crippen LogP contribution in [0.4, 0.5) is 0 Å². The average Bonchev–Trinajstić information content (AvgIpc) is 3.15. The number of thiophene rings is 1. The van der Waals surface area contributed by atoms with E-state index >= 15 is 0 Å². The van der Waals surface area contributed by atoms with Crippen LogP contribution in [-0.2, 0) is 11.2 Å². The Labute approximate surface area is 169 Å². The standard InChI is InChI=1S/C19H16ClN3O2S2/c1-21-19(24)17-18-13(9-15(27-18)11-3-5-12(20)6-4-11)14(22-23-17)10-16-25-7-2-8-26-16/h2-6,8-9,16H,7,10H2,1H3,(H,21,24). The number of benzene rings is 1. The van der Waals surface area contributed by atoms with Crippen molar-refractivity contribution < 1.29 is 9.53 Å². The second-order valence-electron chi connectivity index (χ2n) is 5.91. The number of thioether (sulfide) groups is 1. The van der Waals surface area contributed by atoms with Crippen LogP contribution in [0.5, 0.6) is 0 Å². The molecule has 1 aliphatic rings. The fraction of sp³-hybridized carbons (Fsp3) is 0.211. The normalized spacial score (nSPS) is 16.6. The highest BCUT2D eigenvalue weighted by Crippen LogP contribution is 2.37. The molecular weight excluding hydrogens is 402 g/mol. The summed E-state index contributed by atoms with van der Waals surface area (Å²) in [5.74, 6) is -0.241. The molecule has 5 nitrogen and oxygen atoms in total. The maximum Gasteiger partial charge on any atom is 0.273 e. The van der Waals surface area contributed by atoms with Gasteiger partial charge in [0.05, 0.1) is 17.0 Å². The topological polar surface area (TPSA) is 64.1 Å². The molecule has 0 saturated heterocycles. The number of hydrogen-bond acceptors (Lipinski definition) is 6. The van der Waals surface area contributed by atoms with E-state index in [1.807, 2.05) is 35.7 Å². The minimum Gasteiger partial charge on any atom is -0.363 e. The van der Waals surface area contributed by atoms with Gasteiger partial charge in [0.2, 0.25) is 0 Å². The van der Waals surface area contributed by atoms with Crippen LogP contribution in [0.15, 0.2) is 41.8 Å². The van der Waals surface area contributed by atoms with Crippen molar-refractivity contribution in [2.24, 2.45) is 0 Å². The van der Waals surface area contributed by atoms with Crippen LogP contribution in [0.25, 0.3) is 20.5 Å². The molecule has 0 fully saturated rings. The maximum absolute atomic E-state index is 12.3. The molecular formula is C19H16ClN3O2S2. The van der Waals surface area contributed by atoms with E-state index in [2.05, 4.69) is 21.6 Å². The molecule has 0 saturated carbocycles. The molecule has 1 aromatic carbocycles. The smallest absolute Gasteiger partial charge is 0.273 e. The van der Waals surface area contributed by atoms with Gasteiger partial charge >= 0.3 is 0 Å². The predicted molar refractivity (Wildman–Crippen MR) is 111 cm³/mol. The number of ether oxygens (including phenoxy) is 1. The maximum atomic E-state index is 12.3. The number of nitrogens with zero attached hydrogens (tertiary/aromatic N) is 2. The summed E-state index contributed by atoms with van der Waals surface area (Å²) in [7, 11) is 1.59. The van der Waals surface area contributed by atoms with Crippen LogP contribution in [0.2, 0.25) is 5.02 Å². The highest BCUT2D eigenvalue weighted by atomic mass is 35.5. The molecule has 3 aromatic rings. The predicted octanol–water partition coefficient (Wildman–Crippen LogP) is 4.52. The van der Waals surface area contributed by atoms with Gasteiger partial charge in [0.1, 0.15) is 5.44 Å². The Morgan fingerprint density at radius 1 is 1.33 bits per heavy atom. The van der Waals surface area contributed by atoms with Gasteiger partial charge in [0, 0.05) is 28.8 Å². The summed E-state index contributed by atoms with van der Waals surface area (Å²) in [6.45, 7) is 0.601. The lowest BCUT2D eigenvalue weighted by Gasteiger charge is -2.17. The summed E-state index contributed by atoms with van der Waals surface area (Å²) in [6, 6.07) is 9.73. The molecule has 2 aromatic heterocycles. The summed E-state index contributed by atoms with van der Waals surface area (Å²) >= 11 is 9.17. The Balaban J connectivity index is 1.80. The Hall–Kier alpha value is -1.93. The third kappa shape index (κ3) is 3.87.